The first-order chi connectivity index (χ1) is 14.4. The van der Waals surface area contributed by atoms with Gasteiger partial charge in [-0.05, 0) is 42.5 Å². The maximum Gasteiger partial charge on any atom is 0.261 e. The van der Waals surface area contributed by atoms with Crippen molar-refractivity contribution in [3.8, 4) is 0 Å². The summed E-state index contributed by atoms with van der Waals surface area (Å²) in [5.74, 6) is -0.659. The molecule has 7 heteroatoms. The van der Waals surface area contributed by atoms with E-state index in [9.17, 15) is 18.0 Å². The van der Waals surface area contributed by atoms with Crippen LogP contribution < -0.4 is 4.72 Å². The van der Waals surface area contributed by atoms with Crippen molar-refractivity contribution in [2.24, 2.45) is 0 Å². The molecule has 6 nitrogen and oxygen atoms in total. The molecule has 0 aliphatic heterocycles. The number of sulfonamides is 1. The second kappa shape index (κ2) is 6.60. The Morgan fingerprint density at radius 3 is 2.17 bits per heavy atom. The van der Waals surface area contributed by atoms with Crippen LogP contribution in [0.1, 0.15) is 31.8 Å². The van der Waals surface area contributed by atoms with Gasteiger partial charge in [-0.2, -0.15) is 0 Å². The summed E-state index contributed by atoms with van der Waals surface area (Å²) in [6.45, 7) is 0. The van der Waals surface area contributed by atoms with E-state index in [0.29, 0.717) is 11.3 Å². The summed E-state index contributed by atoms with van der Waals surface area (Å²) in [6.07, 6.45) is 1.66. The predicted molar refractivity (Wildman–Crippen MR) is 112 cm³/mol. The van der Waals surface area contributed by atoms with Crippen LogP contribution in [0.25, 0.3) is 10.9 Å². The van der Waals surface area contributed by atoms with Gasteiger partial charge in [0.2, 0.25) is 0 Å². The van der Waals surface area contributed by atoms with Gasteiger partial charge < -0.3 is 0 Å². The summed E-state index contributed by atoms with van der Waals surface area (Å²) in [5.41, 5.74) is 2.02. The van der Waals surface area contributed by atoms with Gasteiger partial charge in [-0.15, -0.1) is 0 Å². The van der Waals surface area contributed by atoms with Gasteiger partial charge in [0, 0.05) is 39.5 Å². The summed E-state index contributed by atoms with van der Waals surface area (Å²) in [5, 5.41) is 0.792. The number of aromatic nitrogens is 1. The van der Waals surface area contributed by atoms with Crippen molar-refractivity contribution >= 4 is 38.2 Å². The van der Waals surface area contributed by atoms with Gasteiger partial charge in [0.1, 0.15) is 0 Å². The maximum atomic E-state index is 12.9. The normalized spacial score (nSPS) is 13.1. The zero-order valence-electron chi connectivity index (χ0n) is 15.5. The van der Waals surface area contributed by atoms with Crippen molar-refractivity contribution in [1.29, 1.82) is 0 Å². The van der Waals surface area contributed by atoms with Crippen LogP contribution in [0.2, 0.25) is 0 Å². The molecule has 0 saturated carbocycles. The molecule has 1 N–H and O–H groups in total. The van der Waals surface area contributed by atoms with Gasteiger partial charge in [-0.1, -0.05) is 30.3 Å². The number of benzene rings is 3. The summed E-state index contributed by atoms with van der Waals surface area (Å²) in [4.78, 5) is 29.7. The molecule has 0 spiro atoms. The summed E-state index contributed by atoms with van der Waals surface area (Å²) < 4.78 is 28.4. The molecule has 1 heterocycles. The lowest BCUT2D eigenvalue weighted by Gasteiger charge is -2.18. The smallest absolute Gasteiger partial charge is 0.261 e. The Hall–Kier alpha value is -3.84. The van der Waals surface area contributed by atoms with Crippen molar-refractivity contribution in [1.82, 2.24) is 4.98 Å². The molecule has 3 aromatic carbocycles. The van der Waals surface area contributed by atoms with Crippen LogP contribution >= 0.6 is 0 Å². The van der Waals surface area contributed by atoms with E-state index in [-0.39, 0.29) is 33.2 Å². The van der Waals surface area contributed by atoms with E-state index in [4.69, 9.17) is 0 Å². The van der Waals surface area contributed by atoms with Crippen LogP contribution in [0.4, 0.5) is 5.69 Å². The quantitative estimate of drug-likeness (QED) is 0.485. The molecule has 0 fully saturated rings. The molecule has 1 aromatic heterocycles. The number of nitrogens with one attached hydrogen (secondary N) is 1. The standard InChI is InChI=1S/C23H14N2O4S/c26-22-17-5-1-2-6-18(17)23(27)20-13-16(8-9-19(20)22)30(28,29)25-15-7-10-21-14(12-15)4-3-11-24-21/h1-13,25H. The number of anilines is 1. The lowest BCUT2D eigenvalue weighted by molar-refractivity contribution is 0.0979. The Labute approximate surface area is 172 Å². The Kier molecular flexibility index (Phi) is 4.01. The summed E-state index contributed by atoms with van der Waals surface area (Å²) in [6, 6.07) is 19.1. The monoisotopic (exact) mass is 414 g/mol. The molecular formula is C23H14N2O4S. The number of hydrogen-bond acceptors (Lipinski definition) is 5. The molecule has 0 bridgehead atoms. The predicted octanol–water partition coefficient (Wildman–Crippen LogP) is 3.81. The number of fused-ring (bicyclic) bond motifs is 3. The number of pyridine rings is 1. The second-order valence-corrected chi connectivity index (χ2v) is 8.61. The number of carbonyl (C=O) groups excluding carboxylic acids is 2. The highest BCUT2D eigenvalue weighted by atomic mass is 32.2. The molecule has 0 saturated heterocycles. The molecular weight excluding hydrogens is 400 g/mol. The molecule has 1 aliphatic rings. The summed E-state index contributed by atoms with van der Waals surface area (Å²) >= 11 is 0. The second-order valence-electron chi connectivity index (χ2n) is 6.93. The van der Waals surface area contributed by atoms with E-state index in [0.717, 1.165) is 10.9 Å². The molecule has 0 atom stereocenters. The molecule has 0 amide bonds. The highest BCUT2D eigenvalue weighted by Crippen LogP contribution is 2.29. The zero-order valence-corrected chi connectivity index (χ0v) is 16.3. The topological polar surface area (TPSA) is 93.2 Å². The molecule has 1 aliphatic carbocycles. The van der Waals surface area contributed by atoms with Gasteiger partial charge in [0.25, 0.3) is 10.0 Å². The van der Waals surface area contributed by atoms with Gasteiger partial charge in [-0.3, -0.25) is 19.3 Å². The first-order valence-electron chi connectivity index (χ1n) is 9.14. The highest BCUT2D eigenvalue weighted by Gasteiger charge is 2.30. The van der Waals surface area contributed by atoms with Crippen molar-refractivity contribution in [2.45, 2.75) is 4.90 Å². The Morgan fingerprint density at radius 1 is 0.700 bits per heavy atom. The average molecular weight is 414 g/mol. The Morgan fingerprint density at radius 2 is 1.40 bits per heavy atom. The van der Waals surface area contributed by atoms with E-state index in [2.05, 4.69) is 9.71 Å². The van der Waals surface area contributed by atoms with Crippen LogP contribution in [-0.4, -0.2) is 25.0 Å². The number of hydrogen-bond donors (Lipinski definition) is 1. The molecule has 0 radical (unpaired) electrons. The fraction of sp³-hybridized carbons (Fsp3) is 0. The molecule has 0 unspecified atom stereocenters. The van der Waals surface area contributed by atoms with Crippen LogP contribution in [0.3, 0.4) is 0 Å². The maximum absolute atomic E-state index is 12.9. The minimum absolute atomic E-state index is 0.0873. The minimum Gasteiger partial charge on any atom is -0.289 e. The molecule has 4 aromatic rings. The fourth-order valence-electron chi connectivity index (χ4n) is 3.60. The van der Waals surface area contributed by atoms with E-state index >= 15 is 0 Å². The van der Waals surface area contributed by atoms with Crippen molar-refractivity contribution < 1.29 is 18.0 Å². The van der Waals surface area contributed by atoms with Crippen LogP contribution in [0.5, 0.6) is 0 Å². The minimum atomic E-state index is -3.97. The van der Waals surface area contributed by atoms with Crippen LogP contribution in [0, 0.1) is 0 Å². The summed E-state index contributed by atoms with van der Waals surface area (Å²) in [7, 11) is -3.97. The lowest BCUT2D eigenvalue weighted by Crippen LogP contribution is -2.22. The largest absolute Gasteiger partial charge is 0.289 e. The fourth-order valence-corrected chi connectivity index (χ4v) is 4.67. The third-order valence-electron chi connectivity index (χ3n) is 5.06. The highest BCUT2D eigenvalue weighted by molar-refractivity contribution is 7.92. The molecule has 30 heavy (non-hydrogen) atoms. The van der Waals surface area contributed by atoms with Gasteiger partial charge in [-0.25, -0.2) is 8.42 Å². The third-order valence-corrected chi connectivity index (χ3v) is 6.44. The van der Waals surface area contributed by atoms with E-state index in [1.54, 1.807) is 54.7 Å². The molecule has 146 valence electrons. The average Bonchev–Trinajstić information content (AvgIpc) is 2.77. The van der Waals surface area contributed by atoms with E-state index < -0.39 is 10.0 Å². The third kappa shape index (κ3) is 2.87. The van der Waals surface area contributed by atoms with E-state index in [1.807, 2.05) is 6.07 Å². The van der Waals surface area contributed by atoms with Crippen molar-refractivity contribution in [3.05, 3.63) is 101 Å². The van der Waals surface area contributed by atoms with Crippen molar-refractivity contribution in [3.63, 3.8) is 0 Å². The van der Waals surface area contributed by atoms with Crippen LogP contribution in [-0.2, 0) is 10.0 Å². The van der Waals surface area contributed by atoms with Gasteiger partial charge >= 0.3 is 0 Å². The first-order valence-corrected chi connectivity index (χ1v) is 10.6. The van der Waals surface area contributed by atoms with Gasteiger partial charge in [0.15, 0.2) is 11.6 Å². The Balaban J connectivity index is 1.54. The SMILES string of the molecule is O=C1c2ccccc2C(=O)c2cc(S(=O)(=O)Nc3ccc4ncccc4c3)ccc21. The number of ketones is 2. The zero-order chi connectivity index (χ0) is 20.9. The number of carbonyl (C=O) groups is 2. The van der Waals surface area contributed by atoms with Crippen molar-refractivity contribution in [2.75, 3.05) is 4.72 Å². The Bertz CT molecular complexity index is 1480. The number of rotatable bonds is 3. The number of nitrogens with zero attached hydrogens (tertiary/aromatic N) is 1. The van der Waals surface area contributed by atoms with E-state index in [1.165, 1.54) is 18.2 Å². The van der Waals surface area contributed by atoms with Crippen LogP contribution in [0.15, 0.2) is 83.9 Å². The first kappa shape index (κ1) is 18.2. The lowest BCUT2D eigenvalue weighted by atomic mass is 9.84. The molecule has 5 rings (SSSR count). The van der Waals surface area contributed by atoms with Gasteiger partial charge in [0.05, 0.1) is 10.4 Å².